The molecule has 0 aliphatic rings. The van der Waals surface area contributed by atoms with Gasteiger partial charge in [0.1, 0.15) is 23.0 Å². The Morgan fingerprint density at radius 2 is 1.88 bits per heavy atom. The van der Waals surface area contributed by atoms with Gasteiger partial charge in [0, 0.05) is 11.8 Å². The van der Waals surface area contributed by atoms with E-state index < -0.39 is 14.1 Å². The highest BCUT2D eigenvalue weighted by molar-refractivity contribution is 6.74. The van der Waals surface area contributed by atoms with E-state index >= 15 is 0 Å². The number of hydrogen-bond acceptors (Lipinski definition) is 4. The summed E-state index contributed by atoms with van der Waals surface area (Å²) in [7, 11) is -0.384. The maximum Gasteiger partial charge on any atom is 0.192 e. The van der Waals surface area contributed by atoms with Crippen LogP contribution in [0.5, 0.6) is 11.5 Å². The minimum Gasteiger partial charge on any atom is -0.506 e. The Labute approximate surface area is 149 Å². The van der Waals surface area contributed by atoms with Crippen molar-refractivity contribution in [2.45, 2.75) is 45.5 Å². The van der Waals surface area contributed by atoms with Crippen LogP contribution in [0.25, 0.3) is 11.3 Å². The van der Waals surface area contributed by atoms with Crippen molar-refractivity contribution in [1.29, 1.82) is 0 Å². The standard InChI is InChI=1S/C19H26FNO3Si/c1-19(2,3)25(5,6)24-12-13-9-17(22)18(21-11-13)15-10-14(23-4)7-8-16(15)20/h7-11,22H,12H2,1-6H3. The first-order chi connectivity index (χ1) is 11.5. The van der Waals surface area contributed by atoms with Gasteiger partial charge in [-0.1, -0.05) is 20.8 Å². The number of aromatic hydroxyl groups is 1. The minimum absolute atomic E-state index is 0.0801. The summed E-state index contributed by atoms with van der Waals surface area (Å²) in [6.45, 7) is 11.2. The van der Waals surface area contributed by atoms with Gasteiger partial charge in [-0.05, 0) is 48.0 Å². The lowest BCUT2D eigenvalue weighted by atomic mass is 10.1. The van der Waals surface area contributed by atoms with Crippen LogP contribution < -0.4 is 4.74 Å². The van der Waals surface area contributed by atoms with Crippen LogP contribution in [0.2, 0.25) is 18.1 Å². The number of hydrogen-bond donors (Lipinski definition) is 1. The van der Waals surface area contributed by atoms with Crippen LogP contribution in [-0.4, -0.2) is 25.5 Å². The average Bonchev–Trinajstić information content (AvgIpc) is 2.53. The number of halogens is 1. The zero-order valence-corrected chi connectivity index (χ0v) is 16.7. The van der Waals surface area contributed by atoms with Crippen LogP contribution in [0.3, 0.4) is 0 Å². The van der Waals surface area contributed by atoms with Crippen molar-refractivity contribution < 1.29 is 18.7 Å². The summed E-state index contributed by atoms with van der Waals surface area (Å²) in [6, 6.07) is 5.92. The van der Waals surface area contributed by atoms with Crippen molar-refractivity contribution in [3.8, 4) is 22.8 Å². The first-order valence-corrected chi connectivity index (χ1v) is 11.1. The molecule has 1 aromatic heterocycles. The average molecular weight is 364 g/mol. The topological polar surface area (TPSA) is 51.6 Å². The Balaban J connectivity index is 2.25. The van der Waals surface area contributed by atoms with E-state index in [4.69, 9.17) is 9.16 Å². The van der Waals surface area contributed by atoms with Gasteiger partial charge in [0.2, 0.25) is 0 Å². The highest BCUT2D eigenvalue weighted by atomic mass is 28.4. The van der Waals surface area contributed by atoms with Gasteiger partial charge in [-0.3, -0.25) is 4.98 Å². The molecule has 1 heterocycles. The van der Waals surface area contributed by atoms with Crippen molar-refractivity contribution in [3.05, 3.63) is 41.8 Å². The minimum atomic E-state index is -1.89. The van der Waals surface area contributed by atoms with E-state index in [0.717, 1.165) is 5.56 Å². The number of methoxy groups -OCH3 is 1. The molecule has 2 rings (SSSR count). The monoisotopic (exact) mass is 363 g/mol. The van der Waals surface area contributed by atoms with Crippen LogP contribution in [0, 0.1) is 5.82 Å². The van der Waals surface area contributed by atoms with E-state index in [0.29, 0.717) is 12.4 Å². The van der Waals surface area contributed by atoms with Crippen LogP contribution in [0.1, 0.15) is 26.3 Å². The lowest BCUT2D eigenvalue weighted by Crippen LogP contribution is -2.40. The molecule has 0 saturated heterocycles. The molecule has 0 aliphatic carbocycles. The molecule has 4 nitrogen and oxygen atoms in total. The zero-order chi connectivity index (χ0) is 18.8. The van der Waals surface area contributed by atoms with Gasteiger partial charge >= 0.3 is 0 Å². The van der Waals surface area contributed by atoms with Gasteiger partial charge < -0.3 is 14.3 Å². The molecule has 25 heavy (non-hydrogen) atoms. The molecule has 0 aliphatic heterocycles. The largest absolute Gasteiger partial charge is 0.506 e. The van der Waals surface area contributed by atoms with Crippen molar-refractivity contribution >= 4 is 8.32 Å². The maximum atomic E-state index is 14.1. The van der Waals surface area contributed by atoms with Gasteiger partial charge in [0.15, 0.2) is 8.32 Å². The predicted octanol–water partition coefficient (Wildman–Crippen LogP) is 5.12. The summed E-state index contributed by atoms with van der Waals surface area (Å²) in [4.78, 5) is 4.24. The van der Waals surface area contributed by atoms with Crippen LogP contribution in [0.4, 0.5) is 4.39 Å². The molecule has 136 valence electrons. The summed E-state index contributed by atoms with van der Waals surface area (Å²) in [5.41, 5.74) is 1.15. The number of rotatable bonds is 5. The molecule has 0 saturated carbocycles. The molecule has 1 N–H and O–H groups in total. The SMILES string of the molecule is COc1ccc(F)c(-c2ncc(CO[Si](C)(C)C(C)(C)C)cc2O)c1. The molecular weight excluding hydrogens is 337 g/mol. The molecule has 2 aromatic rings. The predicted molar refractivity (Wildman–Crippen MR) is 99.8 cm³/mol. The van der Waals surface area contributed by atoms with Crippen molar-refractivity contribution in [2.24, 2.45) is 0 Å². The summed E-state index contributed by atoms with van der Waals surface area (Å²) in [5.74, 6) is -0.0414. The van der Waals surface area contributed by atoms with Crippen molar-refractivity contribution in [3.63, 3.8) is 0 Å². The molecular formula is C19H26FNO3Si. The highest BCUT2D eigenvalue weighted by Gasteiger charge is 2.37. The fourth-order valence-electron chi connectivity index (χ4n) is 2.07. The van der Waals surface area contributed by atoms with Gasteiger partial charge in [-0.2, -0.15) is 0 Å². The summed E-state index contributed by atoms with van der Waals surface area (Å²) in [6.07, 6.45) is 1.61. The van der Waals surface area contributed by atoms with Gasteiger partial charge in [-0.25, -0.2) is 4.39 Å². The summed E-state index contributed by atoms with van der Waals surface area (Å²) in [5, 5.41) is 10.4. The Hall–Kier alpha value is -1.92. The number of nitrogens with zero attached hydrogens (tertiary/aromatic N) is 1. The Morgan fingerprint density at radius 3 is 2.44 bits per heavy atom. The fraction of sp³-hybridized carbons (Fsp3) is 0.421. The smallest absolute Gasteiger partial charge is 0.192 e. The Kier molecular flexibility index (Phi) is 5.54. The molecule has 0 bridgehead atoms. The second-order valence-corrected chi connectivity index (χ2v) is 12.4. The first kappa shape index (κ1) is 19.4. The van der Waals surface area contributed by atoms with E-state index in [1.54, 1.807) is 12.3 Å². The quantitative estimate of drug-likeness (QED) is 0.749. The van der Waals surface area contributed by atoms with E-state index in [1.165, 1.54) is 25.3 Å². The normalized spacial score (nSPS) is 12.3. The third kappa shape index (κ3) is 4.38. The summed E-state index contributed by atoms with van der Waals surface area (Å²) >= 11 is 0. The van der Waals surface area contributed by atoms with E-state index in [1.807, 2.05) is 0 Å². The van der Waals surface area contributed by atoms with Crippen LogP contribution in [0.15, 0.2) is 30.5 Å². The Morgan fingerprint density at radius 1 is 1.20 bits per heavy atom. The lowest BCUT2D eigenvalue weighted by Gasteiger charge is -2.36. The van der Waals surface area contributed by atoms with Crippen LogP contribution >= 0.6 is 0 Å². The number of pyridine rings is 1. The molecule has 0 spiro atoms. The molecule has 1 aromatic carbocycles. The van der Waals surface area contributed by atoms with Gasteiger partial charge in [0.25, 0.3) is 0 Å². The number of aromatic nitrogens is 1. The first-order valence-electron chi connectivity index (χ1n) is 8.21. The molecule has 0 radical (unpaired) electrons. The second kappa shape index (κ2) is 7.13. The third-order valence-electron chi connectivity index (χ3n) is 4.76. The lowest BCUT2D eigenvalue weighted by molar-refractivity contribution is 0.275. The molecule has 0 amide bonds. The fourth-order valence-corrected chi connectivity index (χ4v) is 3.03. The molecule has 0 unspecified atom stereocenters. The highest BCUT2D eigenvalue weighted by Crippen LogP contribution is 2.37. The van der Waals surface area contributed by atoms with E-state index in [2.05, 4.69) is 38.8 Å². The number of benzene rings is 1. The molecule has 6 heteroatoms. The summed E-state index contributed by atoms with van der Waals surface area (Å²) < 4.78 is 25.3. The number of ether oxygens (including phenoxy) is 1. The van der Waals surface area contributed by atoms with E-state index in [9.17, 15) is 9.50 Å². The van der Waals surface area contributed by atoms with E-state index in [-0.39, 0.29) is 22.0 Å². The van der Waals surface area contributed by atoms with Crippen molar-refractivity contribution in [2.75, 3.05) is 7.11 Å². The second-order valence-electron chi connectivity index (χ2n) is 7.61. The molecule has 0 fully saturated rings. The zero-order valence-electron chi connectivity index (χ0n) is 15.7. The Bertz CT molecular complexity index is 757. The molecule has 0 atom stereocenters. The van der Waals surface area contributed by atoms with Crippen molar-refractivity contribution in [1.82, 2.24) is 4.98 Å². The van der Waals surface area contributed by atoms with Gasteiger partial charge in [-0.15, -0.1) is 0 Å². The van der Waals surface area contributed by atoms with Crippen LogP contribution in [-0.2, 0) is 11.0 Å². The maximum absolute atomic E-state index is 14.1. The van der Waals surface area contributed by atoms with Gasteiger partial charge in [0.05, 0.1) is 13.7 Å². The third-order valence-corrected chi connectivity index (χ3v) is 9.24.